The van der Waals surface area contributed by atoms with Gasteiger partial charge in [0.1, 0.15) is 5.76 Å². The molecule has 2 aromatic rings. The first-order valence-corrected chi connectivity index (χ1v) is 6.92. The Hall–Kier alpha value is -2.28. The van der Waals surface area contributed by atoms with Gasteiger partial charge in [0, 0.05) is 13.0 Å². The van der Waals surface area contributed by atoms with Crippen LogP contribution in [0.3, 0.4) is 0 Å². The van der Waals surface area contributed by atoms with Crippen molar-refractivity contribution in [2.75, 3.05) is 6.54 Å². The summed E-state index contributed by atoms with van der Waals surface area (Å²) in [6, 6.07) is 8.23. The molecule has 1 heterocycles. The molecule has 0 aliphatic carbocycles. The second kappa shape index (κ2) is 6.45. The van der Waals surface area contributed by atoms with Crippen LogP contribution in [-0.4, -0.2) is 23.7 Å². The average molecular weight is 327 g/mol. The van der Waals surface area contributed by atoms with Crippen LogP contribution >= 0.6 is 0 Å². The van der Waals surface area contributed by atoms with E-state index in [1.165, 1.54) is 36.6 Å². The second-order valence-electron chi connectivity index (χ2n) is 5.12. The van der Waals surface area contributed by atoms with Crippen LogP contribution in [0.5, 0.6) is 0 Å². The van der Waals surface area contributed by atoms with E-state index in [1.807, 2.05) is 0 Å². The van der Waals surface area contributed by atoms with Crippen molar-refractivity contribution in [3.05, 3.63) is 59.5 Å². The molecule has 0 aliphatic rings. The Morgan fingerprint density at radius 2 is 1.87 bits per heavy atom. The van der Waals surface area contributed by atoms with Crippen molar-refractivity contribution in [1.29, 1.82) is 0 Å². The molecule has 2 rings (SSSR count). The van der Waals surface area contributed by atoms with Crippen LogP contribution in [0.2, 0.25) is 0 Å². The standard InChI is InChI=1S/C16H16F3NO3/c1-11-13(7-10-23-11)14(21)20-9-8-15(22,16(17,18)19)12-5-3-2-4-6-12/h2-7,10,22H,8-9H2,1H3,(H,20,21)/t15-/m1/s1. The number of hydrogen-bond acceptors (Lipinski definition) is 3. The number of alkyl halides is 3. The maximum absolute atomic E-state index is 13.3. The van der Waals surface area contributed by atoms with Crippen LogP contribution < -0.4 is 5.32 Å². The topological polar surface area (TPSA) is 62.5 Å². The van der Waals surface area contributed by atoms with Crippen LogP contribution in [0.25, 0.3) is 0 Å². The largest absolute Gasteiger partial charge is 0.469 e. The van der Waals surface area contributed by atoms with Gasteiger partial charge in [-0.3, -0.25) is 4.79 Å². The highest BCUT2D eigenvalue weighted by molar-refractivity contribution is 5.94. The molecule has 23 heavy (non-hydrogen) atoms. The van der Waals surface area contributed by atoms with E-state index in [0.717, 1.165) is 0 Å². The van der Waals surface area contributed by atoms with Gasteiger partial charge in [-0.15, -0.1) is 0 Å². The first-order chi connectivity index (χ1) is 10.8. The monoisotopic (exact) mass is 327 g/mol. The van der Waals surface area contributed by atoms with E-state index in [9.17, 15) is 23.1 Å². The van der Waals surface area contributed by atoms with Gasteiger partial charge >= 0.3 is 6.18 Å². The van der Waals surface area contributed by atoms with Gasteiger partial charge in [-0.2, -0.15) is 13.2 Å². The SMILES string of the molecule is Cc1occc1C(=O)NCC[C@@](O)(c1ccccc1)C(F)(F)F. The maximum Gasteiger partial charge on any atom is 0.421 e. The van der Waals surface area contributed by atoms with Crippen molar-refractivity contribution in [3.63, 3.8) is 0 Å². The van der Waals surface area contributed by atoms with Crippen molar-refractivity contribution in [2.24, 2.45) is 0 Å². The fraction of sp³-hybridized carbons (Fsp3) is 0.312. The second-order valence-corrected chi connectivity index (χ2v) is 5.12. The molecule has 1 amide bonds. The van der Waals surface area contributed by atoms with Crippen LogP contribution in [0.15, 0.2) is 47.1 Å². The van der Waals surface area contributed by atoms with E-state index < -0.39 is 24.1 Å². The molecule has 1 atom stereocenters. The van der Waals surface area contributed by atoms with E-state index in [0.29, 0.717) is 5.76 Å². The smallest absolute Gasteiger partial charge is 0.421 e. The minimum atomic E-state index is -4.86. The van der Waals surface area contributed by atoms with E-state index in [2.05, 4.69) is 5.32 Å². The molecule has 0 radical (unpaired) electrons. The minimum Gasteiger partial charge on any atom is -0.469 e. The number of rotatable bonds is 5. The molecule has 0 unspecified atom stereocenters. The van der Waals surface area contributed by atoms with Crippen LogP contribution in [0.4, 0.5) is 13.2 Å². The first-order valence-electron chi connectivity index (χ1n) is 6.92. The van der Waals surface area contributed by atoms with E-state index in [1.54, 1.807) is 13.0 Å². The molecule has 7 heteroatoms. The number of carbonyl (C=O) groups excluding carboxylic acids is 1. The number of carbonyl (C=O) groups is 1. The summed E-state index contributed by atoms with van der Waals surface area (Å²) >= 11 is 0. The molecule has 0 bridgehead atoms. The van der Waals surface area contributed by atoms with Crippen molar-refractivity contribution in [2.45, 2.75) is 25.1 Å². The Kier molecular flexibility index (Phi) is 4.79. The molecule has 0 saturated carbocycles. The molecule has 0 spiro atoms. The number of amides is 1. The van der Waals surface area contributed by atoms with Gasteiger partial charge in [0.2, 0.25) is 0 Å². The zero-order chi connectivity index (χ0) is 17.1. The lowest BCUT2D eigenvalue weighted by Gasteiger charge is -2.31. The molecule has 1 aromatic heterocycles. The molecule has 124 valence electrons. The Labute approximate surface area is 130 Å². The summed E-state index contributed by atoms with van der Waals surface area (Å²) in [4.78, 5) is 11.9. The first kappa shape index (κ1) is 17.1. The molecule has 4 nitrogen and oxygen atoms in total. The zero-order valence-corrected chi connectivity index (χ0v) is 12.4. The lowest BCUT2D eigenvalue weighted by molar-refractivity contribution is -0.268. The molecule has 0 fully saturated rings. The predicted molar refractivity (Wildman–Crippen MR) is 76.8 cm³/mol. The van der Waals surface area contributed by atoms with Gasteiger partial charge in [0.25, 0.3) is 5.91 Å². The summed E-state index contributed by atoms with van der Waals surface area (Å²) in [5, 5.41) is 12.5. The number of aryl methyl sites for hydroxylation is 1. The summed E-state index contributed by atoms with van der Waals surface area (Å²) in [6.45, 7) is 1.24. The van der Waals surface area contributed by atoms with Gasteiger partial charge < -0.3 is 14.8 Å². The van der Waals surface area contributed by atoms with E-state index >= 15 is 0 Å². The third-order valence-electron chi connectivity index (χ3n) is 3.60. The third kappa shape index (κ3) is 3.56. The van der Waals surface area contributed by atoms with Gasteiger partial charge in [-0.1, -0.05) is 30.3 Å². The van der Waals surface area contributed by atoms with Crippen LogP contribution in [0, 0.1) is 6.92 Å². The number of nitrogens with one attached hydrogen (secondary N) is 1. The molecule has 2 N–H and O–H groups in total. The highest BCUT2D eigenvalue weighted by Gasteiger charge is 2.54. The highest BCUT2D eigenvalue weighted by Crippen LogP contribution is 2.41. The predicted octanol–water partition coefficient (Wildman–Crippen LogP) is 3.16. The highest BCUT2D eigenvalue weighted by atomic mass is 19.4. The van der Waals surface area contributed by atoms with Crippen molar-refractivity contribution in [1.82, 2.24) is 5.32 Å². The summed E-state index contributed by atoms with van der Waals surface area (Å²) < 4.78 is 44.8. The Balaban J connectivity index is 2.09. The van der Waals surface area contributed by atoms with Gasteiger partial charge in [-0.25, -0.2) is 0 Å². The Morgan fingerprint density at radius 3 is 2.39 bits per heavy atom. The van der Waals surface area contributed by atoms with E-state index in [4.69, 9.17) is 4.42 Å². The number of halogens is 3. The normalized spacial score (nSPS) is 14.3. The van der Waals surface area contributed by atoms with Gasteiger partial charge in [-0.05, 0) is 18.6 Å². The maximum atomic E-state index is 13.3. The Bertz CT molecular complexity index is 667. The lowest BCUT2D eigenvalue weighted by Crippen LogP contribution is -2.45. The summed E-state index contributed by atoms with van der Waals surface area (Å²) in [7, 11) is 0. The lowest BCUT2D eigenvalue weighted by atomic mass is 9.89. The van der Waals surface area contributed by atoms with E-state index in [-0.39, 0.29) is 17.7 Å². The quantitative estimate of drug-likeness (QED) is 0.887. The van der Waals surface area contributed by atoms with Gasteiger partial charge in [0.05, 0.1) is 11.8 Å². The number of aliphatic hydroxyl groups is 1. The van der Waals surface area contributed by atoms with Crippen molar-refractivity contribution >= 4 is 5.91 Å². The molecule has 0 saturated heterocycles. The molecule has 0 aliphatic heterocycles. The van der Waals surface area contributed by atoms with Crippen molar-refractivity contribution in [3.8, 4) is 0 Å². The van der Waals surface area contributed by atoms with Crippen LogP contribution in [0.1, 0.15) is 28.1 Å². The number of furan rings is 1. The summed E-state index contributed by atoms with van der Waals surface area (Å²) in [6.07, 6.45) is -4.23. The third-order valence-corrected chi connectivity index (χ3v) is 3.60. The zero-order valence-electron chi connectivity index (χ0n) is 12.4. The molecule has 1 aromatic carbocycles. The Morgan fingerprint density at radius 1 is 1.22 bits per heavy atom. The van der Waals surface area contributed by atoms with Gasteiger partial charge in [0.15, 0.2) is 5.60 Å². The van der Waals surface area contributed by atoms with Crippen LogP contribution in [-0.2, 0) is 5.60 Å². The fourth-order valence-corrected chi connectivity index (χ4v) is 2.24. The number of hydrogen-bond donors (Lipinski definition) is 2. The number of benzene rings is 1. The molecular formula is C16H16F3NO3. The molecular weight excluding hydrogens is 311 g/mol. The minimum absolute atomic E-state index is 0.250. The summed E-state index contributed by atoms with van der Waals surface area (Å²) in [5.41, 5.74) is -3.03. The summed E-state index contributed by atoms with van der Waals surface area (Å²) in [5.74, 6) is -0.175. The van der Waals surface area contributed by atoms with Crippen molar-refractivity contribution < 1.29 is 27.5 Å². The average Bonchev–Trinajstić information content (AvgIpc) is 2.93. The fourth-order valence-electron chi connectivity index (χ4n) is 2.24.